The maximum atomic E-state index is 4.54. The predicted molar refractivity (Wildman–Crippen MR) is 92.2 cm³/mol. The van der Waals surface area contributed by atoms with E-state index in [1.807, 2.05) is 6.20 Å². The molecule has 3 heteroatoms. The second kappa shape index (κ2) is 5.86. The van der Waals surface area contributed by atoms with E-state index in [4.69, 9.17) is 0 Å². The van der Waals surface area contributed by atoms with Gasteiger partial charge in [0.05, 0.1) is 16.3 Å². The van der Waals surface area contributed by atoms with Crippen LogP contribution in [0.3, 0.4) is 0 Å². The number of nitrogens with zero attached hydrogens (tertiary/aromatic N) is 1. The van der Waals surface area contributed by atoms with Gasteiger partial charge in [0.1, 0.15) is 0 Å². The van der Waals surface area contributed by atoms with Crippen molar-refractivity contribution in [1.29, 1.82) is 0 Å². The molecule has 0 aliphatic rings. The Bertz CT molecular complexity index is 761. The van der Waals surface area contributed by atoms with E-state index in [0.717, 1.165) is 11.9 Å². The van der Waals surface area contributed by atoms with Gasteiger partial charge in [-0.05, 0) is 54.5 Å². The maximum absolute atomic E-state index is 4.54. The molecule has 1 unspecified atom stereocenters. The highest BCUT2D eigenvalue weighted by Crippen LogP contribution is 2.28. The van der Waals surface area contributed by atoms with Gasteiger partial charge in [0.2, 0.25) is 0 Å². The molecular weight excluding hydrogens is 276 g/mol. The number of fused-ring (bicyclic) bond motifs is 1. The molecule has 0 saturated heterocycles. The van der Waals surface area contributed by atoms with Gasteiger partial charge in [-0.15, -0.1) is 11.3 Å². The summed E-state index contributed by atoms with van der Waals surface area (Å²) in [6.45, 7) is 6.56. The third-order valence-corrected chi connectivity index (χ3v) is 4.78. The largest absolute Gasteiger partial charge is 0.378 e. The molecule has 0 spiro atoms. The number of hydrogen-bond donors (Lipinski definition) is 1. The van der Waals surface area contributed by atoms with E-state index in [2.05, 4.69) is 66.8 Å². The zero-order chi connectivity index (χ0) is 14.8. The summed E-state index contributed by atoms with van der Waals surface area (Å²) in [5.41, 5.74) is 6.24. The van der Waals surface area contributed by atoms with Crippen LogP contribution in [0.1, 0.15) is 36.6 Å². The number of benzene rings is 1. The zero-order valence-corrected chi connectivity index (χ0v) is 13.5. The van der Waals surface area contributed by atoms with Crippen LogP contribution in [0.25, 0.3) is 10.2 Å². The first-order chi connectivity index (χ1) is 10.2. The minimum atomic E-state index is 0.246. The van der Waals surface area contributed by atoms with E-state index in [0.29, 0.717) is 0 Å². The third-order valence-electron chi connectivity index (χ3n) is 3.92. The maximum Gasteiger partial charge on any atom is 0.0809 e. The third kappa shape index (κ3) is 2.79. The number of nitrogens with one attached hydrogen (secondary N) is 1. The Hall–Kier alpha value is -1.87. The number of anilines is 1. The van der Waals surface area contributed by atoms with Gasteiger partial charge in [0.25, 0.3) is 0 Å². The van der Waals surface area contributed by atoms with Crippen molar-refractivity contribution in [2.24, 2.45) is 0 Å². The number of aromatic nitrogens is 1. The predicted octanol–water partition coefficient (Wildman–Crippen LogP) is 5.34. The zero-order valence-electron chi connectivity index (χ0n) is 12.7. The molecule has 1 atom stereocenters. The van der Waals surface area contributed by atoms with Gasteiger partial charge < -0.3 is 5.32 Å². The number of aryl methyl sites for hydroxylation is 2. The molecule has 0 radical (unpaired) electrons. The molecule has 1 aromatic carbocycles. The van der Waals surface area contributed by atoms with Gasteiger partial charge in [0.15, 0.2) is 0 Å². The lowest BCUT2D eigenvalue weighted by Gasteiger charge is -2.20. The Morgan fingerprint density at radius 2 is 2.14 bits per heavy atom. The van der Waals surface area contributed by atoms with Crippen molar-refractivity contribution in [2.45, 2.75) is 33.2 Å². The topological polar surface area (TPSA) is 24.9 Å². The second-order valence-corrected chi connectivity index (χ2v) is 6.35. The lowest BCUT2D eigenvalue weighted by atomic mass is 10.0. The Balaban J connectivity index is 1.90. The minimum absolute atomic E-state index is 0.246. The van der Waals surface area contributed by atoms with Crippen molar-refractivity contribution in [3.05, 3.63) is 58.6 Å². The van der Waals surface area contributed by atoms with Crippen molar-refractivity contribution in [3.63, 3.8) is 0 Å². The first-order valence-corrected chi connectivity index (χ1v) is 8.25. The Morgan fingerprint density at radius 1 is 1.29 bits per heavy atom. The van der Waals surface area contributed by atoms with Crippen molar-refractivity contribution in [2.75, 3.05) is 5.32 Å². The van der Waals surface area contributed by atoms with Crippen molar-refractivity contribution in [3.8, 4) is 0 Å². The van der Waals surface area contributed by atoms with Crippen LogP contribution in [0.4, 0.5) is 5.69 Å². The number of pyridine rings is 1. The summed E-state index contributed by atoms with van der Waals surface area (Å²) in [7, 11) is 0. The molecule has 0 bridgehead atoms. The lowest BCUT2D eigenvalue weighted by molar-refractivity contribution is 0.872. The molecule has 3 aromatic rings. The van der Waals surface area contributed by atoms with E-state index in [1.54, 1.807) is 11.3 Å². The average Bonchev–Trinajstić information content (AvgIpc) is 2.96. The van der Waals surface area contributed by atoms with Gasteiger partial charge >= 0.3 is 0 Å². The molecule has 108 valence electrons. The SMILES string of the molecule is CCc1cccc(C)c1NC(C)c1cnc2ccsc2c1. The van der Waals surface area contributed by atoms with Gasteiger partial charge in [0, 0.05) is 11.9 Å². The number of rotatable bonds is 4. The van der Waals surface area contributed by atoms with Crippen molar-refractivity contribution < 1.29 is 0 Å². The minimum Gasteiger partial charge on any atom is -0.378 e. The van der Waals surface area contributed by atoms with Crippen LogP contribution in [-0.4, -0.2) is 4.98 Å². The molecule has 0 fully saturated rings. The molecule has 2 heterocycles. The molecule has 1 N–H and O–H groups in total. The highest BCUT2D eigenvalue weighted by Gasteiger charge is 2.11. The monoisotopic (exact) mass is 296 g/mol. The molecule has 0 amide bonds. The van der Waals surface area contributed by atoms with Gasteiger partial charge in [-0.1, -0.05) is 25.1 Å². The van der Waals surface area contributed by atoms with Crippen LogP contribution in [-0.2, 0) is 6.42 Å². The first kappa shape index (κ1) is 14.1. The molecule has 2 nitrogen and oxygen atoms in total. The van der Waals surface area contributed by atoms with E-state index in [1.165, 1.54) is 27.1 Å². The van der Waals surface area contributed by atoms with E-state index < -0.39 is 0 Å². The highest BCUT2D eigenvalue weighted by atomic mass is 32.1. The van der Waals surface area contributed by atoms with Crippen molar-refractivity contribution in [1.82, 2.24) is 4.98 Å². The molecule has 3 rings (SSSR count). The standard InChI is InChI=1S/C18H20N2S/c1-4-14-7-5-6-12(2)18(14)20-13(3)15-10-17-16(19-11-15)8-9-21-17/h5-11,13,20H,4H2,1-3H3. The molecule has 0 aliphatic heterocycles. The van der Waals surface area contributed by atoms with Crippen LogP contribution < -0.4 is 5.32 Å². The highest BCUT2D eigenvalue weighted by molar-refractivity contribution is 7.17. The lowest BCUT2D eigenvalue weighted by Crippen LogP contribution is -2.09. The van der Waals surface area contributed by atoms with Crippen LogP contribution in [0, 0.1) is 6.92 Å². The fourth-order valence-corrected chi connectivity index (χ4v) is 3.42. The van der Waals surface area contributed by atoms with Crippen LogP contribution in [0.5, 0.6) is 0 Å². The van der Waals surface area contributed by atoms with Gasteiger partial charge in [-0.3, -0.25) is 4.98 Å². The fourth-order valence-electron chi connectivity index (χ4n) is 2.63. The molecule has 21 heavy (non-hydrogen) atoms. The molecule has 0 aliphatic carbocycles. The fraction of sp³-hybridized carbons (Fsp3) is 0.278. The average molecular weight is 296 g/mol. The smallest absolute Gasteiger partial charge is 0.0809 e. The van der Waals surface area contributed by atoms with Crippen molar-refractivity contribution >= 4 is 27.2 Å². The van der Waals surface area contributed by atoms with Crippen LogP contribution in [0.15, 0.2) is 41.9 Å². The first-order valence-electron chi connectivity index (χ1n) is 7.37. The summed E-state index contributed by atoms with van der Waals surface area (Å²) in [6.07, 6.45) is 3.02. The number of hydrogen-bond acceptors (Lipinski definition) is 3. The summed E-state index contributed by atoms with van der Waals surface area (Å²) >= 11 is 1.75. The summed E-state index contributed by atoms with van der Waals surface area (Å²) in [5, 5.41) is 5.76. The molecule has 2 aromatic heterocycles. The van der Waals surface area contributed by atoms with Crippen LogP contribution >= 0.6 is 11.3 Å². The summed E-state index contributed by atoms with van der Waals surface area (Å²) in [4.78, 5) is 4.54. The normalized spacial score (nSPS) is 12.5. The van der Waals surface area contributed by atoms with E-state index >= 15 is 0 Å². The summed E-state index contributed by atoms with van der Waals surface area (Å²) in [5.74, 6) is 0. The van der Waals surface area contributed by atoms with E-state index in [-0.39, 0.29) is 6.04 Å². The van der Waals surface area contributed by atoms with E-state index in [9.17, 15) is 0 Å². The molecular formula is C18H20N2S. The Morgan fingerprint density at radius 3 is 2.95 bits per heavy atom. The number of thiophene rings is 1. The van der Waals surface area contributed by atoms with Gasteiger partial charge in [-0.25, -0.2) is 0 Å². The van der Waals surface area contributed by atoms with Gasteiger partial charge in [-0.2, -0.15) is 0 Å². The summed E-state index contributed by atoms with van der Waals surface area (Å²) < 4.78 is 1.25. The number of para-hydroxylation sites is 1. The van der Waals surface area contributed by atoms with Crippen LogP contribution in [0.2, 0.25) is 0 Å². The summed E-state index contributed by atoms with van der Waals surface area (Å²) in [6, 6.07) is 11.0. The quantitative estimate of drug-likeness (QED) is 0.703. The Kier molecular flexibility index (Phi) is 3.93. The second-order valence-electron chi connectivity index (χ2n) is 5.40. The Labute approximate surface area is 129 Å². The molecule has 0 saturated carbocycles.